The van der Waals surface area contributed by atoms with E-state index < -0.39 is 5.72 Å². The van der Waals surface area contributed by atoms with Crippen LogP contribution in [-0.4, -0.2) is 41.0 Å². The molecule has 6 atom stereocenters. The first-order chi connectivity index (χ1) is 11.9. The number of fused-ring (bicyclic) bond motifs is 3. The van der Waals surface area contributed by atoms with Gasteiger partial charge in [0.15, 0.2) is 5.79 Å². The second-order valence-corrected chi connectivity index (χ2v) is 9.70. The van der Waals surface area contributed by atoms with E-state index in [-0.39, 0.29) is 22.4 Å². The van der Waals surface area contributed by atoms with Crippen molar-refractivity contribution in [1.82, 2.24) is 0 Å². The van der Waals surface area contributed by atoms with E-state index in [0.29, 0.717) is 25.0 Å². The van der Waals surface area contributed by atoms with E-state index in [4.69, 9.17) is 19.9 Å². The molecular weight excluding hydrogens is 318 g/mol. The molecule has 6 rings (SSSR count). The van der Waals surface area contributed by atoms with Crippen LogP contribution in [0.15, 0.2) is 11.6 Å². The molecule has 5 heteroatoms. The number of nitrogens with two attached hydrogens (primary N) is 1. The lowest BCUT2D eigenvalue weighted by Crippen LogP contribution is -2.57. The molecule has 0 aromatic heterocycles. The summed E-state index contributed by atoms with van der Waals surface area (Å²) in [4.78, 5) is 0. The van der Waals surface area contributed by atoms with E-state index in [1.165, 1.54) is 5.57 Å². The van der Waals surface area contributed by atoms with E-state index in [1.54, 1.807) is 0 Å². The number of allylic oxidation sites excluding steroid dienone is 1. The van der Waals surface area contributed by atoms with E-state index in [0.717, 1.165) is 51.4 Å². The van der Waals surface area contributed by atoms with Crippen molar-refractivity contribution < 1.29 is 19.3 Å². The Labute approximate surface area is 148 Å². The third kappa shape index (κ3) is 1.64. The molecule has 3 N–H and O–H groups in total. The Morgan fingerprint density at radius 3 is 2.72 bits per heavy atom. The molecule has 0 unspecified atom stereocenters. The summed E-state index contributed by atoms with van der Waals surface area (Å²) in [5.41, 5.74) is 6.46. The van der Waals surface area contributed by atoms with Gasteiger partial charge in [0.25, 0.3) is 0 Å². The van der Waals surface area contributed by atoms with Gasteiger partial charge in [0, 0.05) is 18.3 Å². The number of hydrogen-bond donors (Lipinski definition) is 2. The first kappa shape index (κ1) is 15.6. The normalized spacial score (nSPS) is 58.1. The Kier molecular flexibility index (Phi) is 2.70. The molecule has 2 aliphatic heterocycles. The molecule has 0 aromatic rings. The lowest BCUT2D eigenvalue weighted by Gasteiger charge is -2.51. The Balaban J connectivity index is 1.36. The van der Waals surface area contributed by atoms with Crippen LogP contribution in [0.4, 0.5) is 0 Å². The summed E-state index contributed by atoms with van der Waals surface area (Å²) >= 11 is 0. The standard InChI is InChI=1S/C20H29NO4/c1-16-5-3-15-13(14(16)4-7-20(16,21)22)2-6-17-12-18(23-10-11-24-18)8-9-19(15,17)25-17/h3,13-14,22H,2,4-12,21H2,1H3/t13-,14-,16-,17+,19+,20+/m0/s1. The van der Waals surface area contributed by atoms with Crippen LogP contribution in [0.25, 0.3) is 0 Å². The molecule has 5 fully saturated rings. The lowest BCUT2D eigenvalue weighted by atomic mass is 9.54. The van der Waals surface area contributed by atoms with E-state index in [2.05, 4.69) is 13.0 Å². The zero-order valence-corrected chi connectivity index (χ0v) is 15.1. The van der Waals surface area contributed by atoms with Crippen LogP contribution < -0.4 is 5.73 Å². The van der Waals surface area contributed by atoms with Gasteiger partial charge in [-0.2, -0.15) is 0 Å². The fourth-order valence-corrected chi connectivity index (χ4v) is 7.38. The van der Waals surface area contributed by atoms with Crippen LogP contribution in [0.2, 0.25) is 0 Å². The van der Waals surface area contributed by atoms with Crippen molar-refractivity contribution >= 4 is 0 Å². The zero-order chi connectivity index (χ0) is 17.1. The Hall–Kier alpha value is -0.460. The molecule has 6 aliphatic rings. The fourth-order valence-electron chi connectivity index (χ4n) is 7.38. The van der Waals surface area contributed by atoms with E-state index in [9.17, 15) is 5.11 Å². The fraction of sp³-hybridized carbons (Fsp3) is 0.900. The summed E-state index contributed by atoms with van der Waals surface area (Å²) in [6.07, 6.45) is 10.1. The SMILES string of the molecule is C[C@]12CC=C3[C@@H](CC[C@@]45CC6(CC[C@@]34O5)OCCO6)[C@@H]1CC[C@@]2(N)O. The summed E-state index contributed by atoms with van der Waals surface area (Å²) in [5, 5.41) is 10.8. The van der Waals surface area contributed by atoms with Gasteiger partial charge in [-0.1, -0.05) is 13.0 Å². The topological polar surface area (TPSA) is 77.2 Å². The molecule has 1 spiro atoms. The Morgan fingerprint density at radius 2 is 1.92 bits per heavy atom. The molecular formula is C20H29NO4. The van der Waals surface area contributed by atoms with Gasteiger partial charge >= 0.3 is 0 Å². The van der Waals surface area contributed by atoms with Gasteiger partial charge in [-0.15, -0.1) is 0 Å². The first-order valence-corrected chi connectivity index (χ1v) is 10.1. The van der Waals surface area contributed by atoms with Gasteiger partial charge in [-0.25, -0.2) is 0 Å². The highest BCUT2D eigenvalue weighted by Crippen LogP contribution is 2.73. The number of ether oxygens (including phenoxy) is 3. The second kappa shape index (κ2) is 4.33. The number of epoxide rings is 1. The molecule has 138 valence electrons. The van der Waals surface area contributed by atoms with Crippen LogP contribution in [-0.2, 0) is 14.2 Å². The molecule has 4 aliphatic carbocycles. The average molecular weight is 347 g/mol. The molecule has 0 amide bonds. The highest BCUT2D eigenvalue weighted by Gasteiger charge is 2.79. The van der Waals surface area contributed by atoms with E-state index >= 15 is 0 Å². The van der Waals surface area contributed by atoms with Crippen molar-refractivity contribution in [3.05, 3.63) is 11.6 Å². The number of hydrogen-bond acceptors (Lipinski definition) is 5. The Bertz CT molecular complexity index is 669. The smallest absolute Gasteiger partial charge is 0.171 e. The maximum Gasteiger partial charge on any atom is 0.171 e. The first-order valence-electron chi connectivity index (χ1n) is 10.1. The van der Waals surface area contributed by atoms with Crippen molar-refractivity contribution in [3.63, 3.8) is 0 Å². The highest BCUT2D eigenvalue weighted by atomic mass is 16.7. The number of rotatable bonds is 0. The monoisotopic (exact) mass is 347 g/mol. The maximum atomic E-state index is 10.8. The van der Waals surface area contributed by atoms with Crippen molar-refractivity contribution in [2.45, 2.75) is 81.0 Å². The molecule has 0 aromatic carbocycles. The van der Waals surface area contributed by atoms with Gasteiger partial charge in [0.05, 0.1) is 13.2 Å². The summed E-state index contributed by atoms with van der Waals surface area (Å²) in [6.45, 7) is 3.62. The van der Waals surface area contributed by atoms with Gasteiger partial charge in [-0.05, 0) is 55.9 Å². The Morgan fingerprint density at radius 1 is 1.12 bits per heavy atom. The predicted molar refractivity (Wildman–Crippen MR) is 90.4 cm³/mol. The lowest BCUT2D eigenvalue weighted by molar-refractivity contribution is -0.185. The summed E-state index contributed by atoms with van der Waals surface area (Å²) in [5.74, 6) is 0.613. The maximum absolute atomic E-state index is 10.8. The molecule has 3 saturated carbocycles. The molecule has 25 heavy (non-hydrogen) atoms. The molecule has 0 bridgehead atoms. The molecule has 0 radical (unpaired) electrons. The summed E-state index contributed by atoms with van der Waals surface area (Å²) in [7, 11) is 0. The van der Waals surface area contributed by atoms with Crippen LogP contribution >= 0.6 is 0 Å². The molecule has 2 heterocycles. The van der Waals surface area contributed by atoms with Crippen LogP contribution in [0.5, 0.6) is 0 Å². The third-order valence-corrected chi connectivity index (χ3v) is 8.89. The van der Waals surface area contributed by atoms with Crippen molar-refractivity contribution in [2.24, 2.45) is 23.0 Å². The average Bonchev–Trinajstić information content (AvgIpc) is 2.94. The van der Waals surface area contributed by atoms with Gasteiger partial charge < -0.3 is 25.1 Å². The van der Waals surface area contributed by atoms with Crippen LogP contribution in [0.3, 0.4) is 0 Å². The second-order valence-electron chi connectivity index (χ2n) is 9.70. The minimum Gasteiger partial charge on any atom is -0.376 e. The van der Waals surface area contributed by atoms with E-state index in [1.807, 2.05) is 0 Å². The minimum absolute atomic E-state index is 0.0662. The number of aliphatic hydroxyl groups is 1. The molecule has 2 saturated heterocycles. The molecule has 5 nitrogen and oxygen atoms in total. The van der Waals surface area contributed by atoms with Gasteiger partial charge in [0.1, 0.15) is 16.9 Å². The van der Waals surface area contributed by atoms with Crippen molar-refractivity contribution in [1.29, 1.82) is 0 Å². The summed E-state index contributed by atoms with van der Waals surface area (Å²) in [6, 6.07) is 0. The third-order valence-electron chi connectivity index (χ3n) is 8.89. The largest absolute Gasteiger partial charge is 0.376 e. The van der Waals surface area contributed by atoms with Crippen molar-refractivity contribution in [2.75, 3.05) is 13.2 Å². The van der Waals surface area contributed by atoms with Gasteiger partial charge in [-0.3, -0.25) is 0 Å². The zero-order valence-electron chi connectivity index (χ0n) is 15.1. The summed E-state index contributed by atoms with van der Waals surface area (Å²) < 4.78 is 18.6. The quantitative estimate of drug-likeness (QED) is 0.399. The van der Waals surface area contributed by atoms with Gasteiger partial charge in [0.2, 0.25) is 0 Å². The minimum atomic E-state index is -1.03. The highest BCUT2D eigenvalue weighted by molar-refractivity contribution is 5.43. The van der Waals surface area contributed by atoms with Crippen molar-refractivity contribution in [3.8, 4) is 0 Å². The predicted octanol–water partition coefficient (Wildman–Crippen LogP) is 2.22. The van der Waals surface area contributed by atoms with Crippen LogP contribution in [0.1, 0.15) is 58.3 Å². The van der Waals surface area contributed by atoms with Crippen LogP contribution in [0, 0.1) is 17.3 Å².